The first-order valence-corrected chi connectivity index (χ1v) is 43.5. The largest absolute Gasteiger partial charge is 0.264 e. The van der Waals surface area contributed by atoms with E-state index in [9.17, 15) is 0 Å². The predicted octanol–water partition coefficient (Wildman–Crippen LogP) is 30.9. The summed E-state index contributed by atoms with van der Waals surface area (Å²) in [6, 6.07) is 155. The Morgan fingerprint density at radius 1 is 0.138 bits per heavy atom. The maximum Gasteiger partial charge on any atom is 0.160 e. The quantitative estimate of drug-likeness (QED) is 0.0872. The van der Waals surface area contributed by atoms with E-state index in [0.29, 0.717) is 17.5 Å². The second kappa shape index (κ2) is 36.7. The average molecular weight is 1660 g/mol. The van der Waals surface area contributed by atoms with Gasteiger partial charge in [-0.3, -0.25) is 15.0 Å². The molecular formula is C121H81N9. The van der Waals surface area contributed by atoms with Gasteiger partial charge in [-0.1, -0.05) is 394 Å². The molecule has 0 bridgehead atoms. The van der Waals surface area contributed by atoms with Crippen molar-refractivity contribution < 1.29 is 0 Å². The van der Waals surface area contributed by atoms with E-state index in [2.05, 4.69) is 397 Å². The summed E-state index contributed by atoms with van der Waals surface area (Å²) in [5.41, 5.74) is 30.9. The number of aromatic nitrogens is 9. The molecule has 0 spiro atoms. The van der Waals surface area contributed by atoms with Gasteiger partial charge in [0.1, 0.15) is 0 Å². The fraction of sp³-hybridized carbons (Fsp3) is 0. The summed E-state index contributed by atoms with van der Waals surface area (Å²) in [5.74, 6) is 2.11. The Hall–Kier alpha value is -17.5. The van der Waals surface area contributed by atoms with Crippen LogP contribution >= 0.6 is 0 Å². The molecule has 6 heterocycles. The van der Waals surface area contributed by atoms with Gasteiger partial charge in [0.15, 0.2) is 17.5 Å². The lowest BCUT2D eigenvalue weighted by Gasteiger charge is -2.15. The molecule has 17 aromatic carbocycles. The van der Waals surface area contributed by atoms with Crippen LogP contribution in [0.4, 0.5) is 0 Å². The minimum absolute atomic E-state index is 0.692. The number of benzene rings is 17. The van der Waals surface area contributed by atoms with E-state index in [-0.39, 0.29) is 0 Å². The molecular weight excluding hydrogens is 1580 g/mol. The topological polar surface area (TPSA) is 116 Å². The van der Waals surface area contributed by atoms with E-state index in [0.717, 1.165) is 128 Å². The molecule has 0 fully saturated rings. The summed E-state index contributed by atoms with van der Waals surface area (Å²) < 4.78 is 0. The Labute approximate surface area is 754 Å². The Balaban J connectivity index is 0.000000120. The summed E-state index contributed by atoms with van der Waals surface area (Å²) in [4.78, 5) is 43.3. The molecule has 9 nitrogen and oxygen atoms in total. The van der Waals surface area contributed by atoms with Crippen molar-refractivity contribution >= 4 is 43.1 Å². The van der Waals surface area contributed by atoms with Crippen LogP contribution in [0, 0.1) is 0 Å². The fourth-order valence-corrected chi connectivity index (χ4v) is 17.1. The third-order valence-corrected chi connectivity index (χ3v) is 23.9. The van der Waals surface area contributed by atoms with Gasteiger partial charge in [-0.2, -0.15) is 0 Å². The molecule has 0 radical (unpaired) electrons. The molecule has 23 rings (SSSR count). The second-order valence-electron chi connectivity index (χ2n) is 32.0. The number of nitrogens with zero attached hydrogens (tertiary/aromatic N) is 9. The summed E-state index contributed by atoms with van der Waals surface area (Å²) in [6.45, 7) is 0. The van der Waals surface area contributed by atoms with Crippen LogP contribution in [-0.4, -0.2) is 44.9 Å². The predicted molar refractivity (Wildman–Crippen MR) is 536 cm³/mol. The van der Waals surface area contributed by atoms with Crippen molar-refractivity contribution in [3.63, 3.8) is 0 Å². The molecule has 0 aliphatic carbocycles. The first-order valence-electron chi connectivity index (χ1n) is 43.5. The molecule has 0 aliphatic rings. The van der Waals surface area contributed by atoms with E-state index in [1.807, 2.05) is 91.6 Å². The van der Waals surface area contributed by atoms with Crippen molar-refractivity contribution in [1.29, 1.82) is 0 Å². The van der Waals surface area contributed by atoms with E-state index in [4.69, 9.17) is 29.9 Å². The Kier molecular flexibility index (Phi) is 22.5. The molecule has 23 aromatic rings. The molecule has 0 unspecified atom stereocenters. The van der Waals surface area contributed by atoms with Gasteiger partial charge in [0.05, 0.1) is 22.8 Å². The fourth-order valence-electron chi connectivity index (χ4n) is 17.1. The van der Waals surface area contributed by atoms with Crippen LogP contribution in [0.5, 0.6) is 0 Å². The van der Waals surface area contributed by atoms with Crippen molar-refractivity contribution in [3.05, 3.63) is 492 Å². The van der Waals surface area contributed by atoms with E-state index >= 15 is 0 Å². The average Bonchev–Trinajstić information content (AvgIpc) is 0.755. The lowest BCUT2D eigenvalue weighted by Crippen LogP contribution is -1.97. The minimum atomic E-state index is 0.692. The Bertz CT molecular complexity index is 7940. The number of pyridine rings is 3. The minimum Gasteiger partial charge on any atom is -0.264 e. The maximum atomic E-state index is 5.33. The first-order chi connectivity index (χ1) is 64.4. The van der Waals surface area contributed by atoms with Crippen molar-refractivity contribution in [1.82, 2.24) is 44.9 Å². The van der Waals surface area contributed by atoms with Crippen LogP contribution in [0.25, 0.3) is 222 Å². The molecule has 6 aromatic heterocycles. The molecule has 0 amide bonds. The summed E-state index contributed by atoms with van der Waals surface area (Å²) in [7, 11) is 0. The van der Waals surface area contributed by atoms with Crippen molar-refractivity contribution in [2.75, 3.05) is 0 Å². The van der Waals surface area contributed by atoms with Crippen LogP contribution < -0.4 is 0 Å². The van der Waals surface area contributed by atoms with Gasteiger partial charge in [-0.15, -0.1) is 0 Å². The molecule has 610 valence electrons. The zero-order valence-electron chi connectivity index (χ0n) is 70.8. The normalized spacial score (nSPS) is 11.1. The summed E-state index contributed by atoms with van der Waals surface area (Å²) in [5, 5.41) is 9.70. The zero-order chi connectivity index (χ0) is 86.7. The molecule has 0 aliphatic heterocycles. The van der Waals surface area contributed by atoms with Crippen LogP contribution in [-0.2, 0) is 0 Å². The van der Waals surface area contributed by atoms with Crippen LogP contribution in [0.1, 0.15) is 0 Å². The first kappa shape index (κ1) is 79.6. The highest BCUT2D eigenvalue weighted by molar-refractivity contribution is 6.13. The van der Waals surface area contributed by atoms with Crippen molar-refractivity contribution in [2.45, 2.75) is 0 Å². The number of rotatable bonds is 16. The number of hydrogen-bond donors (Lipinski definition) is 0. The Morgan fingerprint density at radius 2 is 0.485 bits per heavy atom. The van der Waals surface area contributed by atoms with Crippen LogP contribution in [0.15, 0.2) is 492 Å². The summed E-state index contributed by atoms with van der Waals surface area (Å²) in [6.07, 6.45) is 15.0. The zero-order valence-corrected chi connectivity index (χ0v) is 70.8. The molecule has 9 heteroatoms. The standard InChI is InChI=1S/C47H31N3.C41H27N3.C33H23N3/c1-2-9-40-29-41(27-18-32(40)7-1)33-14-21-37(22-15-33)45-30-46(38-23-16-34(17-24-38)42-11-6-28-48-31-42)50-47(49-45)39-25-19-36(20-26-39)44-13-5-10-35-8-3-4-12-43(35)44;1-2-10-28(11-3-1)29-19-21-30(22-20-29)40-39(32-14-8-13-31(24-32)34-15-9-23-42-26-34)27-43-41(44-40)38-25-33-12-4-5-16-35(33)36-17-6-7-18-37(36)38;1-3-9-24(10-4-1)25-16-18-26(19-17-25)32-31(23-35-33(36-32)27-11-5-2-6-12-27)29-14-7-13-28(21-29)30-15-8-20-34-22-30/h1-31H;1-27H;1-23H. The highest BCUT2D eigenvalue weighted by atomic mass is 14.9. The third kappa shape index (κ3) is 17.2. The van der Waals surface area contributed by atoms with Gasteiger partial charge >= 0.3 is 0 Å². The van der Waals surface area contributed by atoms with Crippen LogP contribution in [0.2, 0.25) is 0 Å². The van der Waals surface area contributed by atoms with Crippen molar-refractivity contribution in [3.8, 4) is 179 Å². The lowest BCUT2D eigenvalue weighted by molar-refractivity contribution is 1.18. The van der Waals surface area contributed by atoms with Gasteiger partial charge in [-0.25, -0.2) is 29.9 Å². The monoisotopic (exact) mass is 1660 g/mol. The lowest BCUT2D eigenvalue weighted by atomic mass is 9.95. The third-order valence-electron chi connectivity index (χ3n) is 23.9. The maximum absolute atomic E-state index is 5.33. The van der Waals surface area contributed by atoms with Crippen molar-refractivity contribution in [2.24, 2.45) is 0 Å². The smallest absolute Gasteiger partial charge is 0.160 e. The highest BCUT2D eigenvalue weighted by Gasteiger charge is 2.21. The van der Waals surface area contributed by atoms with Gasteiger partial charge in [0.25, 0.3) is 0 Å². The molecule has 130 heavy (non-hydrogen) atoms. The van der Waals surface area contributed by atoms with Gasteiger partial charge in [-0.05, 0) is 170 Å². The number of fused-ring (bicyclic) bond motifs is 5. The highest BCUT2D eigenvalue weighted by Crippen LogP contribution is 2.42. The van der Waals surface area contributed by atoms with E-state index < -0.39 is 0 Å². The van der Waals surface area contributed by atoms with E-state index in [1.165, 1.54) is 76.6 Å². The molecule has 0 atom stereocenters. The Morgan fingerprint density at radius 3 is 1.02 bits per heavy atom. The van der Waals surface area contributed by atoms with Gasteiger partial charge < -0.3 is 0 Å². The molecule has 0 saturated heterocycles. The molecule has 0 saturated carbocycles. The van der Waals surface area contributed by atoms with Gasteiger partial charge in [0.2, 0.25) is 0 Å². The SMILES string of the molecule is c1ccc(-c2ccc(-c3nc(-c4cc5ccccc5c5ccccc45)ncc3-c3cccc(-c4cccnc4)c3)cc2)cc1.c1ccc(-c2ccc(-c3nc(-c4ccccc4)ncc3-c3cccc(-c4cccnc4)c3)cc2)cc1.c1cncc(-c2ccc(-c3cc(-c4ccc(-c5ccc6ccccc6c5)cc4)nc(-c4ccc(-c5cccc6ccccc56)cc4)n3)cc2)c1. The van der Waals surface area contributed by atoms with Crippen LogP contribution in [0.3, 0.4) is 0 Å². The summed E-state index contributed by atoms with van der Waals surface area (Å²) >= 11 is 0. The second-order valence-corrected chi connectivity index (χ2v) is 32.0. The number of hydrogen-bond acceptors (Lipinski definition) is 9. The van der Waals surface area contributed by atoms with E-state index in [1.54, 1.807) is 18.6 Å². The van der Waals surface area contributed by atoms with Gasteiger partial charge in [0, 0.05) is 111 Å². The molecule has 0 N–H and O–H groups in total.